The Morgan fingerprint density at radius 1 is 1.19 bits per heavy atom. The first kappa shape index (κ1) is 24.8. The molecule has 36 heavy (non-hydrogen) atoms. The van der Waals surface area contributed by atoms with E-state index in [4.69, 9.17) is 16.6 Å². The van der Waals surface area contributed by atoms with Gasteiger partial charge in [-0.25, -0.2) is 9.97 Å². The number of aliphatic hydroxyl groups is 1. The molecule has 0 aromatic carbocycles. The van der Waals surface area contributed by atoms with E-state index in [0.717, 1.165) is 58.8 Å². The Balaban J connectivity index is 1.53. The molecule has 3 atom stereocenters. The third-order valence-corrected chi connectivity index (χ3v) is 7.52. The summed E-state index contributed by atoms with van der Waals surface area (Å²) in [5.41, 5.74) is 3.22. The summed E-state index contributed by atoms with van der Waals surface area (Å²) in [7, 11) is 0. The molecule has 0 unspecified atom stereocenters. The lowest BCUT2D eigenvalue weighted by Crippen LogP contribution is -2.49. The molecule has 4 aromatic rings. The summed E-state index contributed by atoms with van der Waals surface area (Å²) in [4.78, 5) is 30.8. The molecule has 10 heteroatoms. The van der Waals surface area contributed by atoms with Crippen LogP contribution in [0.4, 0.5) is 0 Å². The number of thiazole rings is 1. The van der Waals surface area contributed by atoms with Crippen LogP contribution in [0.2, 0.25) is 4.34 Å². The maximum absolute atomic E-state index is 12.8. The van der Waals surface area contributed by atoms with Crippen LogP contribution in [0.3, 0.4) is 0 Å². The Labute approximate surface area is 218 Å². The molecule has 1 saturated carbocycles. The van der Waals surface area contributed by atoms with Crippen molar-refractivity contribution in [3.63, 3.8) is 0 Å². The molecule has 0 aliphatic heterocycles. The fourth-order valence-electron chi connectivity index (χ4n) is 4.86. The van der Waals surface area contributed by atoms with Crippen molar-refractivity contribution in [3.05, 3.63) is 58.0 Å². The third kappa shape index (κ3) is 5.14. The number of pyridine rings is 2. The molecule has 1 aliphatic rings. The Bertz CT molecular complexity index is 1380. The maximum atomic E-state index is 12.8. The standard InChI is InChI=1S/C26H29ClN6O2S/c1-26(2,3)12-22-31-18-13-29-17(15-7-4-5-10-28-15)11-20(18)33(22)19-9-6-8-16(23(19)34)32-24(35)25-30-14-21(27)36-25/h4-5,7,10-11,13-14,16,19,23,34H,6,8-9,12H2,1-3H3,(H,32,35)/t16-,19+,23+/m0/s1. The molecule has 8 nitrogen and oxygen atoms in total. The van der Waals surface area contributed by atoms with Gasteiger partial charge in [0.05, 0.1) is 47.5 Å². The Morgan fingerprint density at radius 2 is 2.03 bits per heavy atom. The predicted octanol–water partition coefficient (Wildman–Crippen LogP) is 5.08. The lowest BCUT2D eigenvalue weighted by molar-refractivity contribution is 0.0399. The number of aliphatic hydroxyl groups excluding tert-OH is 1. The van der Waals surface area contributed by atoms with Gasteiger partial charge in [0.1, 0.15) is 15.7 Å². The summed E-state index contributed by atoms with van der Waals surface area (Å²) in [5, 5.41) is 14.8. The van der Waals surface area contributed by atoms with Crippen molar-refractivity contribution in [1.82, 2.24) is 29.8 Å². The number of carbonyl (C=O) groups is 1. The molecule has 0 saturated heterocycles. The Hall–Kier alpha value is -2.88. The zero-order valence-electron chi connectivity index (χ0n) is 20.5. The van der Waals surface area contributed by atoms with Crippen molar-refractivity contribution >= 4 is 39.9 Å². The quantitative estimate of drug-likeness (QED) is 0.377. The second-order valence-electron chi connectivity index (χ2n) is 10.4. The van der Waals surface area contributed by atoms with E-state index in [-0.39, 0.29) is 17.4 Å². The van der Waals surface area contributed by atoms with E-state index in [2.05, 4.69) is 45.6 Å². The highest BCUT2D eigenvalue weighted by Gasteiger charge is 2.37. The number of nitrogens with zero attached hydrogens (tertiary/aromatic N) is 5. The molecule has 0 bridgehead atoms. The van der Waals surface area contributed by atoms with Gasteiger partial charge in [0, 0.05) is 12.6 Å². The molecule has 0 radical (unpaired) electrons. The highest BCUT2D eigenvalue weighted by molar-refractivity contribution is 7.17. The molecule has 5 rings (SSSR count). The number of halogens is 1. The molecule has 2 N–H and O–H groups in total. The first-order chi connectivity index (χ1) is 17.2. The van der Waals surface area contributed by atoms with E-state index >= 15 is 0 Å². The summed E-state index contributed by atoms with van der Waals surface area (Å²) < 4.78 is 2.62. The fourth-order valence-corrected chi connectivity index (χ4v) is 5.67. The second-order valence-corrected chi connectivity index (χ2v) is 12.1. The molecular weight excluding hydrogens is 496 g/mol. The van der Waals surface area contributed by atoms with Crippen molar-refractivity contribution < 1.29 is 9.90 Å². The van der Waals surface area contributed by atoms with Crippen molar-refractivity contribution in [2.45, 2.75) is 64.6 Å². The molecule has 188 valence electrons. The molecule has 4 heterocycles. The van der Waals surface area contributed by atoms with Crippen LogP contribution in [0.25, 0.3) is 22.4 Å². The zero-order valence-corrected chi connectivity index (χ0v) is 22.1. The van der Waals surface area contributed by atoms with Gasteiger partial charge in [-0.2, -0.15) is 0 Å². The number of rotatable bonds is 5. The number of carbonyl (C=O) groups excluding carboxylic acids is 1. The second kappa shape index (κ2) is 9.88. The average Bonchev–Trinajstić information content (AvgIpc) is 3.42. The first-order valence-electron chi connectivity index (χ1n) is 12.1. The number of imidazole rings is 1. The molecule has 0 spiro atoms. The van der Waals surface area contributed by atoms with Crippen LogP contribution in [0, 0.1) is 5.41 Å². The van der Waals surface area contributed by atoms with Crippen LogP contribution in [-0.2, 0) is 6.42 Å². The van der Waals surface area contributed by atoms with Crippen LogP contribution < -0.4 is 5.32 Å². The number of aromatic nitrogens is 5. The number of hydrogen-bond donors (Lipinski definition) is 2. The maximum Gasteiger partial charge on any atom is 0.280 e. The van der Waals surface area contributed by atoms with Gasteiger partial charge >= 0.3 is 0 Å². The topological polar surface area (TPSA) is 106 Å². The van der Waals surface area contributed by atoms with Gasteiger partial charge in [-0.15, -0.1) is 0 Å². The Kier molecular flexibility index (Phi) is 6.80. The van der Waals surface area contributed by atoms with Crippen molar-refractivity contribution in [2.75, 3.05) is 0 Å². The SMILES string of the molecule is CC(C)(C)Cc1nc2cnc(-c3ccccn3)cc2n1[C@@H]1CCC[C@H](NC(=O)c2ncc(Cl)s2)[C@H]1O. The predicted molar refractivity (Wildman–Crippen MR) is 141 cm³/mol. The smallest absolute Gasteiger partial charge is 0.280 e. The van der Waals surface area contributed by atoms with E-state index in [1.54, 1.807) is 12.4 Å². The lowest BCUT2D eigenvalue weighted by atomic mass is 9.86. The average molecular weight is 525 g/mol. The summed E-state index contributed by atoms with van der Waals surface area (Å²) in [6, 6.07) is 7.09. The Morgan fingerprint density at radius 3 is 2.72 bits per heavy atom. The monoisotopic (exact) mass is 524 g/mol. The van der Waals surface area contributed by atoms with Gasteiger partial charge in [0.15, 0.2) is 5.01 Å². The summed E-state index contributed by atoms with van der Waals surface area (Å²) in [6.07, 6.45) is 7.26. The molecule has 1 aliphatic carbocycles. The van der Waals surface area contributed by atoms with Crippen LogP contribution in [0.15, 0.2) is 42.9 Å². The largest absolute Gasteiger partial charge is 0.389 e. The normalized spacial score (nSPS) is 20.5. The highest BCUT2D eigenvalue weighted by atomic mass is 35.5. The summed E-state index contributed by atoms with van der Waals surface area (Å²) >= 11 is 7.08. The summed E-state index contributed by atoms with van der Waals surface area (Å²) in [6.45, 7) is 6.52. The van der Waals surface area contributed by atoms with Crippen LogP contribution in [0.1, 0.15) is 61.7 Å². The van der Waals surface area contributed by atoms with Crippen LogP contribution >= 0.6 is 22.9 Å². The number of hydrogen-bond acceptors (Lipinski definition) is 7. The molecule has 1 fully saturated rings. The number of nitrogens with one attached hydrogen (secondary N) is 1. The van der Waals surface area contributed by atoms with Gasteiger partial charge in [-0.1, -0.05) is 49.8 Å². The first-order valence-corrected chi connectivity index (χ1v) is 13.3. The minimum Gasteiger partial charge on any atom is -0.389 e. The molecular formula is C26H29ClN6O2S. The molecule has 4 aromatic heterocycles. The van der Waals surface area contributed by atoms with Gasteiger partial charge in [0.2, 0.25) is 0 Å². The van der Waals surface area contributed by atoms with Crippen molar-refractivity contribution in [3.8, 4) is 11.4 Å². The van der Waals surface area contributed by atoms with Gasteiger partial charge in [-0.3, -0.25) is 14.8 Å². The van der Waals surface area contributed by atoms with Crippen molar-refractivity contribution in [1.29, 1.82) is 0 Å². The fraction of sp³-hybridized carbons (Fsp3) is 0.423. The van der Waals surface area contributed by atoms with Crippen molar-refractivity contribution in [2.24, 2.45) is 5.41 Å². The molecule has 1 amide bonds. The third-order valence-electron chi connectivity index (χ3n) is 6.41. The van der Waals surface area contributed by atoms with Gasteiger partial charge < -0.3 is 15.0 Å². The van der Waals surface area contributed by atoms with E-state index in [1.165, 1.54) is 6.20 Å². The van der Waals surface area contributed by atoms with Gasteiger partial charge in [0.25, 0.3) is 5.91 Å². The van der Waals surface area contributed by atoms with E-state index in [1.807, 2.05) is 24.3 Å². The minimum absolute atomic E-state index is 0.00623. The number of amides is 1. The summed E-state index contributed by atoms with van der Waals surface area (Å²) in [5.74, 6) is 0.587. The van der Waals surface area contributed by atoms with E-state index in [0.29, 0.717) is 15.8 Å². The highest BCUT2D eigenvalue weighted by Crippen LogP contribution is 2.36. The van der Waals surface area contributed by atoms with E-state index in [9.17, 15) is 9.90 Å². The van der Waals surface area contributed by atoms with Crippen LogP contribution in [-0.4, -0.2) is 47.7 Å². The zero-order chi connectivity index (χ0) is 25.4. The lowest BCUT2D eigenvalue weighted by Gasteiger charge is -2.37. The van der Waals surface area contributed by atoms with Gasteiger partial charge in [-0.05, 0) is 42.9 Å². The number of fused-ring (bicyclic) bond motifs is 1. The van der Waals surface area contributed by atoms with E-state index < -0.39 is 12.1 Å². The van der Waals surface area contributed by atoms with Crippen LogP contribution in [0.5, 0.6) is 0 Å². The minimum atomic E-state index is -0.791.